The van der Waals surface area contributed by atoms with Gasteiger partial charge in [0.15, 0.2) is 11.0 Å². The Kier molecular flexibility index (Phi) is 4.08. The molecule has 8 heteroatoms. The molecule has 5 nitrogen and oxygen atoms in total. The van der Waals surface area contributed by atoms with E-state index in [1.54, 1.807) is 12.3 Å². The van der Waals surface area contributed by atoms with Crippen molar-refractivity contribution in [3.63, 3.8) is 0 Å². The minimum atomic E-state index is -4.02. The van der Waals surface area contributed by atoms with Gasteiger partial charge in [-0.2, -0.15) is 5.10 Å². The van der Waals surface area contributed by atoms with Crippen LogP contribution in [0.3, 0.4) is 0 Å². The molecule has 2 aromatic rings. The van der Waals surface area contributed by atoms with Crippen molar-refractivity contribution < 1.29 is 8.42 Å². The highest BCUT2D eigenvalue weighted by Crippen LogP contribution is 2.36. The van der Waals surface area contributed by atoms with Crippen molar-refractivity contribution in [1.82, 2.24) is 14.8 Å². The molecule has 0 atom stereocenters. The van der Waals surface area contributed by atoms with Crippen molar-refractivity contribution in [3.05, 3.63) is 34.7 Å². The van der Waals surface area contributed by atoms with Gasteiger partial charge in [0.25, 0.3) is 9.05 Å². The highest BCUT2D eigenvalue weighted by Gasteiger charge is 2.33. The molecule has 0 spiro atoms. The quantitative estimate of drug-likeness (QED) is 0.780. The summed E-state index contributed by atoms with van der Waals surface area (Å²) >= 11 is 6.20. The van der Waals surface area contributed by atoms with Crippen molar-refractivity contribution >= 4 is 31.3 Å². The van der Waals surface area contributed by atoms with Crippen LogP contribution in [0.25, 0.3) is 5.82 Å². The van der Waals surface area contributed by atoms with E-state index in [1.165, 1.54) is 4.68 Å². The predicted octanol–water partition coefficient (Wildman–Crippen LogP) is 3.45. The van der Waals surface area contributed by atoms with Gasteiger partial charge in [-0.25, -0.2) is 18.1 Å². The normalized spacial score (nSPS) is 12.7. The van der Waals surface area contributed by atoms with Crippen LogP contribution >= 0.6 is 22.3 Å². The fourth-order valence-corrected chi connectivity index (χ4v) is 3.82. The third-order valence-electron chi connectivity index (χ3n) is 2.86. The molecule has 0 aliphatic heterocycles. The number of rotatable bonds is 2. The first kappa shape index (κ1) is 16.3. The molecule has 0 bridgehead atoms. The van der Waals surface area contributed by atoms with Gasteiger partial charge in [0.1, 0.15) is 4.90 Å². The Bertz CT molecular complexity index is 792. The van der Waals surface area contributed by atoms with Gasteiger partial charge in [0, 0.05) is 22.3 Å². The van der Waals surface area contributed by atoms with Crippen LogP contribution in [0.15, 0.2) is 23.2 Å². The fourth-order valence-electron chi connectivity index (χ4n) is 1.88. The number of aromatic nitrogens is 3. The first-order valence-electron chi connectivity index (χ1n) is 6.18. The second-order valence-electron chi connectivity index (χ2n) is 5.76. The molecule has 0 radical (unpaired) electrons. The summed E-state index contributed by atoms with van der Waals surface area (Å²) < 4.78 is 25.0. The first-order chi connectivity index (χ1) is 9.51. The van der Waals surface area contributed by atoms with E-state index < -0.39 is 14.5 Å². The van der Waals surface area contributed by atoms with Crippen LogP contribution in [0, 0.1) is 6.92 Å². The van der Waals surface area contributed by atoms with Crippen LogP contribution in [-0.4, -0.2) is 23.2 Å². The van der Waals surface area contributed by atoms with Crippen LogP contribution in [0.5, 0.6) is 0 Å². The maximum Gasteiger partial charge on any atom is 0.266 e. The summed E-state index contributed by atoms with van der Waals surface area (Å²) in [4.78, 5) is 4.00. The van der Waals surface area contributed by atoms with Gasteiger partial charge in [-0.3, -0.25) is 0 Å². The molecular formula is C13H15Cl2N3O2S. The van der Waals surface area contributed by atoms with Crippen molar-refractivity contribution in [1.29, 1.82) is 0 Å². The van der Waals surface area contributed by atoms with E-state index in [0.29, 0.717) is 11.5 Å². The second kappa shape index (κ2) is 5.26. The molecular weight excluding hydrogens is 333 g/mol. The molecule has 0 saturated carbocycles. The minimum Gasteiger partial charge on any atom is -0.237 e. The van der Waals surface area contributed by atoms with Crippen molar-refractivity contribution in [2.24, 2.45) is 0 Å². The predicted molar refractivity (Wildman–Crippen MR) is 82.8 cm³/mol. The summed E-state index contributed by atoms with van der Waals surface area (Å²) in [5.74, 6) is 0.442. The molecule has 0 aromatic carbocycles. The highest BCUT2D eigenvalue weighted by molar-refractivity contribution is 8.13. The maximum absolute atomic E-state index is 11.8. The molecule has 114 valence electrons. The number of halogens is 2. The number of aryl methyl sites for hydroxylation is 1. The molecule has 0 saturated heterocycles. The molecule has 2 aromatic heterocycles. The number of pyridine rings is 1. The van der Waals surface area contributed by atoms with E-state index in [0.717, 1.165) is 5.56 Å². The third kappa shape index (κ3) is 3.22. The highest BCUT2D eigenvalue weighted by atomic mass is 35.7. The van der Waals surface area contributed by atoms with E-state index in [2.05, 4.69) is 10.1 Å². The van der Waals surface area contributed by atoms with Gasteiger partial charge < -0.3 is 0 Å². The number of nitrogens with zero attached hydrogens (tertiary/aromatic N) is 3. The monoisotopic (exact) mass is 347 g/mol. The largest absolute Gasteiger partial charge is 0.266 e. The Balaban J connectivity index is 2.80. The molecule has 0 aliphatic rings. The van der Waals surface area contributed by atoms with Crippen LogP contribution in [0.1, 0.15) is 32.0 Å². The lowest BCUT2D eigenvalue weighted by Crippen LogP contribution is -2.15. The lowest BCUT2D eigenvalue weighted by molar-refractivity contribution is 0.544. The Morgan fingerprint density at radius 1 is 1.29 bits per heavy atom. The summed E-state index contributed by atoms with van der Waals surface area (Å²) in [5, 5.41) is 4.26. The molecule has 2 rings (SSSR count). The van der Waals surface area contributed by atoms with E-state index in [9.17, 15) is 8.42 Å². The smallest absolute Gasteiger partial charge is 0.237 e. The minimum absolute atomic E-state index is 0.0620. The van der Waals surface area contributed by atoms with Gasteiger partial charge in [-0.15, -0.1) is 0 Å². The van der Waals surface area contributed by atoms with Crippen molar-refractivity contribution in [3.8, 4) is 5.82 Å². The summed E-state index contributed by atoms with van der Waals surface area (Å²) in [6.45, 7) is 7.41. The Morgan fingerprint density at radius 3 is 2.33 bits per heavy atom. The molecule has 0 aliphatic carbocycles. The van der Waals surface area contributed by atoms with Crippen molar-refractivity contribution in [2.75, 3.05) is 0 Å². The van der Waals surface area contributed by atoms with Gasteiger partial charge in [-0.1, -0.05) is 32.4 Å². The topological polar surface area (TPSA) is 64.8 Å². The Hall–Kier alpha value is -1.11. The van der Waals surface area contributed by atoms with Crippen LogP contribution in [0.4, 0.5) is 0 Å². The Morgan fingerprint density at radius 2 is 1.90 bits per heavy atom. The van der Waals surface area contributed by atoms with Crippen LogP contribution < -0.4 is 0 Å². The molecule has 0 N–H and O–H groups in total. The van der Waals surface area contributed by atoms with E-state index in [-0.39, 0.29) is 10.0 Å². The third-order valence-corrected chi connectivity index (χ3v) is 4.66. The summed E-state index contributed by atoms with van der Waals surface area (Å²) in [5.41, 5.74) is 0.737. The molecule has 0 fully saturated rings. The molecule has 2 heterocycles. The average molecular weight is 348 g/mol. The standard InChI is InChI=1S/C13H15Cl2N3O2S/c1-8-5-6-16-9(7-8)18-12(14)10(21(15,19)20)11(17-18)13(2,3)4/h5-7H,1-4H3. The maximum atomic E-state index is 11.8. The Labute approximate surface area is 133 Å². The van der Waals surface area contributed by atoms with Crippen LogP contribution in [0.2, 0.25) is 5.15 Å². The molecule has 0 amide bonds. The van der Waals surface area contributed by atoms with E-state index in [1.807, 2.05) is 33.8 Å². The zero-order chi connectivity index (χ0) is 16.0. The summed E-state index contributed by atoms with van der Waals surface area (Å²) in [7, 11) is 1.51. The number of hydrogen-bond donors (Lipinski definition) is 0. The lowest BCUT2D eigenvalue weighted by atomic mass is 9.92. The first-order valence-corrected chi connectivity index (χ1v) is 8.87. The SMILES string of the molecule is Cc1ccnc(-n2nc(C(C)(C)C)c(S(=O)(=O)Cl)c2Cl)c1. The summed E-state index contributed by atoms with van der Waals surface area (Å²) in [6.07, 6.45) is 1.61. The average Bonchev–Trinajstić information content (AvgIpc) is 2.66. The van der Waals surface area contributed by atoms with E-state index in [4.69, 9.17) is 22.3 Å². The lowest BCUT2D eigenvalue weighted by Gasteiger charge is -2.16. The second-order valence-corrected chi connectivity index (χ2v) is 8.62. The fraction of sp³-hybridized carbons (Fsp3) is 0.385. The molecule has 21 heavy (non-hydrogen) atoms. The summed E-state index contributed by atoms with van der Waals surface area (Å²) in [6, 6.07) is 3.58. The van der Waals surface area contributed by atoms with Gasteiger partial charge in [0.05, 0.1) is 5.69 Å². The van der Waals surface area contributed by atoms with Crippen molar-refractivity contribution in [2.45, 2.75) is 38.0 Å². The van der Waals surface area contributed by atoms with Gasteiger partial charge >= 0.3 is 0 Å². The van der Waals surface area contributed by atoms with E-state index >= 15 is 0 Å². The number of hydrogen-bond acceptors (Lipinski definition) is 4. The molecule has 0 unspecified atom stereocenters. The van der Waals surface area contributed by atoms with Gasteiger partial charge in [0.2, 0.25) is 0 Å². The zero-order valence-electron chi connectivity index (χ0n) is 12.1. The van der Waals surface area contributed by atoms with Gasteiger partial charge in [-0.05, 0) is 24.6 Å². The van der Waals surface area contributed by atoms with Crippen LogP contribution in [-0.2, 0) is 14.5 Å². The zero-order valence-corrected chi connectivity index (χ0v) is 14.4.